The van der Waals surface area contributed by atoms with Gasteiger partial charge in [0.15, 0.2) is 0 Å². The second-order valence-corrected chi connectivity index (χ2v) is 6.95. The van der Waals surface area contributed by atoms with E-state index in [0.717, 1.165) is 22.0 Å². The molecule has 2 aromatic rings. The SMILES string of the molecule is NC(Cc1ccc(F)c(Br)c1)C1CSc2ccccc2O1. The molecule has 1 heterocycles. The van der Waals surface area contributed by atoms with Crippen molar-refractivity contribution in [2.75, 3.05) is 5.75 Å². The van der Waals surface area contributed by atoms with Crippen molar-refractivity contribution in [3.8, 4) is 5.75 Å². The lowest BCUT2D eigenvalue weighted by atomic mass is 10.0. The van der Waals surface area contributed by atoms with Crippen LogP contribution in [0, 0.1) is 5.82 Å². The van der Waals surface area contributed by atoms with Crippen molar-refractivity contribution in [3.05, 3.63) is 58.3 Å². The molecule has 0 bridgehead atoms. The molecule has 1 aliphatic rings. The van der Waals surface area contributed by atoms with E-state index in [1.165, 1.54) is 6.07 Å². The second kappa shape index (κ2) is 6.38. The number of rotatable bonds is 3. The molecule has 0 aliphatic carbocycles. The first-order valence-corrected chi connectivity index (χ1v) is 8.49. The van der Waals surface area contributed by atoms with Crippen LogP contribution in [0.5, 0.6) is 5.75 Å². The topological polar surface area (TPSA) is 35.2 Å². The Morgan fingerprint density at radius 3 is 2.95 bits per heavy atom. The maximum atomic E-state index is 13.3. The average molecular weight is 368 g/mol. The van der Waals surface area contributed by atoms with Gasteiger partial charge in [0, 0.05) is 16.7 Å². The van der Waals surface area contributed by atoms with E-state index in [0.29, 0.717) is 10.9 Å². The number of benzene rings is 2. The first-order chi connectivity index (χ1) is 10.1. The fourth-order valence-electron chi connectivity index (χ4n) is 2.32. The van der Waals surface area contributed by atoms with Gasteiger partial charge in [-0.05, 0) is 52.2 Å². The molecule has 2 unspecified atom stereocenters. The normalized spacial score (nSPS) is 18.7. The maximum absolute atomic E-state index is 13.3. The zero-order chi connectivity index (χ0) is 14.8. The summed E-state index contributed by atoms with van der Waals surface area (Å²) in [5.74, 6) is 1.47. The predicted molar refractivity (Wildman–Crippen MR) is 87.4 cm³/mol. The lowest BCUT2D eigenvalue weighted by Gasteiger charge is -2.29. The number of hydrogen-bond acceptors (Lipinski definition) is 3. The van der Waals surface area contributed by atoms with Crippen LogP contribution in [-0.4, -0.2) is 17.9 Å². The number of halogens is 2. The molecule has 0 spiro atoms. The minimum atomic E-state index is -0.259. The third-order valence-corrected chi connectivity index (χ3v) is 5.21. The van der Waals surface area contributed by atoms with Gasteiger partial charge in [-0.15, -0.1) is 11.8 Å². The van der Waals surface area contributed by atoms with Gasteiger partial charge in [-0.2, -0.15) is 0 Å². The summed E-state index contributed by atoms with van der Waals surface area (Å²) in [5.41, 5.74) is 7.28. The van der Waals surface area contributed by atoms with Crippen molar-refractivity contribution in [3.63, 3.8) is 0 Å². The van der Waals surface area contributed by atoms with Gasteiger partial charge in [0.25, 0.3) is 0 Å². The van der Waals surface area contributed by atoms with Crippen LogP contribution in [0.2, 0.25) is 0 Å². The molecule has 5 heteroatoms. The highest BCUT2D eigenvalue weighted by Crippen LogP contribution is 2.35. The van der Waals surface area contributed by atoms with Crippen LogP contribution in [0.1, 0.15) is 5.56 Å². The van der Waals surface area contributed by atoms with Crippen molar-refractivity contribution >= 4 is 27.7 Å². The fourth-order valence-corrected chi connectivity index (χ4v) is 3.84. The number of thioether (sulfide) groups is 1. The third-order valence-electron chi connectivity index (χ3n) is 3.46. The molecule has 0 amide bonds. The van der Waals surface area contributed by atoms with E-state index in [1.807, 2.05) is 18.2 Å². The summed E-state index contributed by atoms with van der Waals surface area (Å²) in [6.45, 7) is 0. The summed E-state index contributed by atoms with van der Waals surface area (Å²) in [7, 11) is 0. The van der Waals surface area contributed by atoms with Gasteiger partial charge in [-0.25, -0.2) is 4.39 Å². The summed E-state index contributed by atoms with van der Waals surface area (Å²) >= 11 is 4.97. The van der Waals surface area contributed by atoms with Gasteiger partial charge in [0.05, 0.1) is 4.47 Å². The Morgan fingerprint density at radius 2 is 2.14 bits per heavy atom. The lowest BCUT2D eigenvalue weighted by molar-refractivity contribution is 0.184. The van der Waals surface area contributed by atoms with Crippen molar-refractivity contribution in [1.29, 1.82) is 0 Å². The largest absolute Gasteiger partial charge is 0.487 e. The molecular weight excluding hydrogens is 353 g/mol. The Morgan fingerprint density at radius 1 is 1.33 bits per heavy atom. The molecule has 2 atom stereocenters. The van der Waals surface area contributed by atoms with Gasteiger partial charge in [-0.1, -0.05) is 18.2 Å². The monoisotopic (exact) mass is 367 g/mol. The number of hydrogen-bond donors (Lipinski definition) is 1. The fraction of sp³-hybridized carbons (Fsp3) is 0.250. The molecule has 21 heavy (non-hydrogen) atoms. The molecule has 2 N–H and O–H groups in total. The van der Waals surface area contributed by atoms with Crippen molar-refractivity contribution < 1.29 is 9.13 Å². The average Bonchev–Trinajstić information content (AvgIpc) is 2.50. The minimum absolute atomic E-state index is 0.0336. The highest BCUT2D eigenvalue weighted by Gasteiger charge is 2.25. The zero-order valence-electron chi connectivity index (χ0n) is 11.3. The molecule has 2 aromatic carbocycles. The van der Waals surface area contributed by atoms with Crippen LogP contribution >= 0.6 is 27.7 Å². The van der Waals surface area contributed by atoms with E-state index in [4.69, 9.17) is 10.5 Å². The Hall–Kier alpha value is -1.04. The number of fused-ring (bicyclic) bond motifs is 1. The van der Waals surface area contributed by atoms with Crippen molar-refractivity contribution in [2.45, 2.75) is 23.5 Å². The Labute approximate surface area is 136 Å². The molecule has 1 aliphatic heterocycles. The van der Waals surface area contributed by atoms with Crippen LogP contribution in [0.15, 0.2) is 51.8 Å². The van der Waals surface area contributed by atoms with Crippen LogP contribution < -0.4 is 10.5 Å². The summed E-state index contributed by atoms with van der Waals surface area (Å²) in [4.78, 5) is 1.16. The Bertz CT molecular complexity index is 652. The molecule has 0 saturated heterocycles. The van der Waals surface area contributed by atoms with E-state index in [9.17, 15) is 4.39 Å². The van der Waals surface area contributed by atoms with Crippen LogP contribution in [0.4, 0.5) is 4.39 Å². The van der Waals surface area contributed by atoms with Crippen molar-refractivity contribution in [1.82, 2.24) is 0 Å². The Balaban J connectivity index is 1.69. The first kappa shape index (κ1) is 14.9. The van der Waals surface area contributed by atoms with Gasteiger partial charge in [-0.3, -0.25) is 0 Å². The van der Waals surface area contributed by atoms with Crippen LogP contribution in [-0.2, 0) is 6.42 Å². The first-order valence-electron chi connectivity index (χ1n) is 6.71. The van der Waals surface area contributed by atoms with E-state index < -0.39 is 0 Å². The highest BCUT2D eigenvalue weighted by atomic mass is 79.9. The summed E-state index contributed by atoms with van der Waals surface area (Å²) in [6, 6.07) is 12.9. The molecule has 3 rings (SSSR count). The molecule has 2 nitrogen and oxygen atoms in total. The zero-order valence-corrected chi connectivity index (χ0v) is 13.7. The Kier molecular flexibility index (Phi) is 4.52. The molecular formula is C16H15BrFNOS. The number of ether oxygens (including phenoxy) is 1. The van der Waals surface area contributed by atoms with Crippen LogP contribution in [0.3, 0.4) is 0 Å². The summed E-state index contributed by atoms with van der Waals surface area (Å²) < 4.78 is 19.7. The van der Waals surface area contributed by atoms with E-state index >= 15 is 0 Å². The smallest absolute Gasteiger partial charge is 0.137 e. The predicted octanol–water partition coefficient (Wildman–Crippen LogP) is 4.01. The second-order valence-electron chi connectivity index (χ2n) is 5.03. The minimum Gasteiger partial charge on any atom is -0.487 e. The molecule has 0 fully saturated rings. The highest BCUT2D eigenvalue weighted by molar-refractivity contribution is 9.10. The third kappa shape index (κ3) is 3.42. The van der Waals surface area contributed by atoms with Gasteiger partial charge >= 0.3 is 0 Å². The summed E-state index contributed by atoms with van der Waals surface area (Å²) in [6.07, 6.45) is 0.625. The maximum Gasteiger partial charge on any atom is 0.137 e. The standard InChI is InChI=1S/C16H15BrFNOS/c17-11-7-10(5-6-12(11)18)8-13(19)15-9-21-16-4-2-1-3-14(16)20-15/h1-7,13,15H,8-9,19H2. The molecule has 0 radical (unpaired) electrons. The number of nitrogens with two attached hydrogens (primary N) is 1. The summed E-state index contributed by atoms with van der Waals surface area (Å²) in [5, 5.41) is 0. The van der Waals surface area contributed by atoms with E-state index in [1.54, 1.807) is 23.9 Å². The van der Waals surface area contributed by atoms with E-state index in [-0.39, 0.29) is 18.0 Å². The molecule has 0 aromatic heterocycles. The molecule has 0 saturated carbocycles. The number of para-hydroxylation sites is 1. The lowest BCUT2D eigenvalue weighted by Crippen LogP contribution is -2.43. The van der Waals surface area contributed by atoms with Gasteiger partial charge in [0.2, 0.25) is 0 Å². The van der Waals surface area contributed by atoms with E-state index in [2.05, 4.69) is 22.0 Å². The van der Waals surface area contributed by atoms with Crippen molar-refractivity contribution in [2.24, 2.45) is 5.73 Å². The van der Waals surface area contributed by atoms with Gasteiger partial charge < -0.3 is 10.5 Å². The molecule has 110 valence electrons. The van der Waals surface area contributed by atoms with Gasteiger partial charge in [0.1, 0.15) is 17.7 Å². The quantitative estimate of drug-likeness (QED) is 0.889. The van der Waals surface area contributed by atoms with Crippen LogP contribution in [0.25, 0.3) is 0 Å².